The van der Waals surface area contributed by atoms with Gasteiger partial charge in [0, 0.05) is 19.0 Å². The number of benzene rings is 2. The normalized spacial score (nSPS) is 10.3. The lowest BCUT2D eigenvalue weighted by atomic mass is 10.1. The van der Waals surface area contributed by atoms with Crippen LogP contribution in [0.15, 0.2) is 49.8 Å². The largest absolute Gasteiger partial charge is 0.320 e. The Morgan fingerprint density at radius 3 is 2.21 bits per heavy atom. The maximum atomic E-state index is 12.3. The van der Waals surface area contributed by atoms with Crippen LogP contribution >= 0.6 is 47.8 Å². The first-order chi connectivity index (χ1) is 8.99. The predicted molar refractivity (Wildman–Crippen MR) is 88.7 cm³/mol. The smallest absolute Gasteiger partial charge is 0.255 e. The van der Waals surface area contributed by atoms with E-state index >= 15 is 0 Å². The van der Waals surface area contributed by atoms with Gasteiger partial charge >= 0.3 is 0 Å². The molecule has 5 heteroatoms. The summed E-state index contributed by atoms with van der Waals surface area (Å²) in [5.41, 5.74) is 2.34. The zero-order chi connectivity index (χ0) is 14.0. The monoisotopic (exact) mass is 445 g/mol. The number of anilines is 1. The van der Waals surface area contributed by atoms with E-state index in [0.717, 1.165) is 24.7 Å². The average molecular weight is 448 g/mol. The molecule has 0 bridgehead atoms. The number of hydrogen-bond acceptors (Lipinski definition) is 1. The van der Waals surface area contributed by atoms with Gasteiger partial charge in [-0.2, -0.15) is 0 Å². The number of nitrogens with one attached hydrogen (secondary N) is 1. The Balaban J connectivity index is 2.32. The molecule has 0 aliphatic rings. The molecule has 0 unspecified atom stereocenters. The fourth-order valence-corrected chi connectivity index (χ4v) is 4.13. The summed E-state index contributed by atoms with van der Waals surface area (Å²) in [5.74, 6) is -0.123. The van der Waals surface area contributed by atoms with Crippen LogP contribution in [0.25, 0.3) is 0 Å². The van der Waals surface area contributed by atoms with Crippen LogP contribution in [-0.4, -0.2) is 5.91 Å². The summed E-state index contributed by atoms with van der Waals surface area (Å²) < 4.78 is 2.56. The number of rotatable bonds is 2. The van der Waals surface area contributed by atoms with Gasteiger partial charge in [0.1, 0.15) is 0 Å². The van der Waals surface area contributed by atoms with Crippen molar-refractivity contribution in [1.82, 2.24) is 0 Å². The highest BCUT2D eigenvalue weighted by Crippen LogP contribution is 2.34. The number of halogens is 3. The topological polar surface area (TPSA) is 29.1 Å². The third-order valence-corrected chi connectivity index (χ3v) is 4.34. The molecule has 0 saturated carbocycles. The molecule has 0 aromatic heterocycles. The van der Waals surface area contributed by atoms with E-state index in [9.17, 15) is 4.79 Å². The molecule has 0 radical (unpaired) electrons. The standard InChI is InChI=1S/C14H10Br3NO/c1-8-4-2-3-5-10(8)14(19)18-13-11(16)6-9(15)7-12(13)17/h2-7H,1H3,(H,18,19). The molecular formula is C14H10Br3NO. The Kier molecular flexibility index (Phi) is 4.81. The predicted octanol–water partition coefficient (Wildman–Crippen LogP) is 5.53. The van der Waals surface area contributed by atoms with Crippen LogP contribution in [0.5, 0.6) is 0 Å². The summed E-state index contributed by atoms with van der Waals surface area (Å²) in [5, 5.41) is 2.91. The first kappa shape index (κ1) is 14.8. The van der Waals surface area contributed by atoms with Gasteiger partial charge in [-0.15, -0.1) is 0 Å². The fraction of sp³-hybridized carbons (Fsp3) is 0.0714. The van der Waals surface area contributed by atoms with Crippen molar-refractivity contribution in [3.63, 3.8) is 0 Å². The van der Waals surface area contributed by atoms with Crippen molar-refractivity contribution in [3.05, 3.63) is 60.9 Å². The molecule has 98 valence electrons. The molecule has 0 spiro atoms. The Morgan fingerprint density at radius 1 is 1.05 bits per heavy atom. The second-order valence-corrected chi connectivity index (χ2v) is 6.64. The molecule has 0 atom stereocenters. The van der Waals surface area contributed by atoms with E-state index in [0.29, 0.717) is 5.56 Å². The number of amides is 1. The number of carbonyl (C=O) groups is 1. The van der Waals surface area contributed by atoms with E-state index in [2.05, 4.69) is 53.1 Å². The molecule has 0 aliphatic carbocycles. The van der Waals surface area contributed by atoms with Gasteiger partial charge in [-0.1, -0.05) is 34.1 Å². The second-order valence-electron chi connectivity index (χ2n) is 4.01. The second kappa shape index (κ2) is 6.20. The number of carbonyl (C=O) groups excluding carboxylic acids is 1. The fourth-order valence-electron chi connectivity index (χ4n) is 1.67. The van der Waals surface area contributed by atoms with Gasteiger partial charge in [-0.05, 0) is 62.5 Å². The van der Waals surface area contributed by atoms with Gasteiger partial charge < -0.3 is 5.32 Å². The Hall–Kier alpha value is -0.650. The van der Waals surface area contributed by atoms with E-state index in [1.165, 1.54) is 0 Å². The molecule has 2 rings (SSSR count). The van der Waals surface area contributed by atoms with E-state index in [1.54, 1.807) is 0 Å². The van der Waals surface area contributed by atoms with Crippen molar-refractivity contribution < 1.29 is 4.79 Å². The third kappa shape index (κ3) is 3.46. The third-order valence-electron chi connectivity index (χ3n) is 2.64. The van der Waals surface area contributed by atoms with Crippen LogP contribution in [0.2, 0.25) is 0 Å². The minimum absolute atomic E-state index is 0.123. The highest BCUT2D eigenvalue weighted by molar-refractivity contribution is 9.11. The SMILES string of the molecule is Cc1ccccc1C(=O)Nc1c(Br)cc(Br)cc1Br. The van der Waals surface area contributed by atoms with E-state index < -0.39 is 0 Å². The molecule has 1 N–H and O–H groups in total. The summed E-state index contributed by atoms with van der Waals surface area (Å²) in [6.07, 6.45) is 0. The highest BCUT2D eigenvalue weighted by atomic mass is 79.9. The van der Waals surface area contributed by atoms with Gasteiger partial charge in [0.2, 0.25) is 0 Å². The summed E-state index contributed by atoms with van der Waals surface area (Å²) >= 11 is 10.3. The van der Waals surface area contributed by atoms with Crippen LogP contribution in [0.3, 0.4) is 0 Å². The Labute approximate surface area is 137 Å². The molecule has 0 heterocycles. The van der Waals surface area contributed by atoms with Crippen molar-refractivity contribution >= 4 is 59.4 Å². The van der Waals surface area contributed by atoms with Crippen LogP contribution in [0.4, 0.5) is 5.69 Å². The first-order valence-corrected chi connectivity index (χ1v) is 7.88. The average Bonchev–Trinajstić information content (AvgIpc) is 2.34. The van der Waals surface area contributed by atoms with Gasteiger partial charge in [0.15, 0.2) is 0 Å². The summed E-state index contributed by atoms with van der Waals surface area (Å²) in [6.45, 7) is 1.92. The van der Waals surface area contributed by atoms with Crippen molar-refractivity contribution in [2.24, 2.45) is 0 Å². The summed E-state index contributed by atoms with van der Waals surface area (Å²) in [6, 6.07) is 11.3. The van der Waals surface area contributed by atoms with E-state index in [1.807, 2.05) is 43.3 Å². The van der Waals surface area contributed by atoms with E-state index in [-0.39, 0.29) is 5.91 Å². The zero-order valence-electron chi connectivity index (χ0n) is 10.0. The molecule has 19 heavy (non-hydrogen) atoms. The minimum atomic E-state index is -0.123. The Bertz CT molecular complexity index is 617. The number of aryl methyl sites for hydroxylation is 1. The summed E-state index contributed by atoms with van der Waals surface area (Å²) in [7, 11) is 0. The lowest BCUT2D eigenvalue weighted by Crippen LogP contribution is -2.14. The number of hydrogen-bond donors (Lipinski definition) is 1. The quantitative estimate of drug-likeness (QED) is 0.643. The maximum absolute atomic E-state index is 12.3. The lowest BCUT2D eigenvalue weighted by Gasteiger charge is -2.11. The molecule has 1 amide bonds. The van der Waals surface area contributed by atoms with Crippen LogP contribution in [0, 0.1) is 6.92 Å². The van der Waals surface area contributed by atoms with Gasteiger partial charge in [-0.3, -0.25) is 4.79 Å². The van der Waals surface area contributed by atoms with Crippen molar-refractivity contribution in [3.8, 4) is 0 Å². The molecule has 0 saturated heterocycles. The lowest BCUT2D eigenvalue weighted by molar-refractivity contribution is 0.102. The summed E-state index contributed by atoms with van der Waals surface area (Å²) in [4.78, 5) is 12.3. The van der Waals surface area contributed by atoms with Crippen molar-refractivity contribution in [1.29, 1.82) is 0 Å². The Morgan fingerprint density at radius 2 is 1.63 bits per heavy atom. The van der Waals surface area contributed by atoms with Gasteiger partial charge in [0.05, 0.1) is 5.69 Å². The van der Waals surface area contributed by atoms with Crippen LogP contribution < -0.4 is 5.32 Å². The maximum Gasteiger partial charge on any atom is 0.255 e. The molecule has 2 nitrogen and oxygen atoms in total. The first-order valence-electron chi connectivity index (χ1n) is 5.50. The molecule has 0 fully saturated rings. The molecule has 2 aromatic rings. The van der Waals surface area contributed by atoms with Crippen LogP contribution in [-0.2, 0) is 0 Å². The van der Waals surface area contributed by atoms with Crippen LogP contribution in [0.1, 0.15) is 15.9 Å². The highest BCUT2D eigenvalue weighted by Gasteiger charge is 2.13. The minimum Gasteiger partial charge on any atom is -0.320 e. The molecule has 2 aromatic carbocycles. The van der Waals surface area contributed by atoms with Crippen molar-refractivity contribution in [2.75, 3.05) is 5.32 Å². The van der Waals surface area contributed by atoms with Gasteiger partial charge in [-0.25, -0.2) is 0 Å². The van der Waals surface area contributed by atoms with E-state index in [4.69, 9.17) is 0 Å². The zero-order valence-corrected chi connectivity index (χ0v) is 14.8. The molecular weight excluding hydrogens is 438 g/mol. The van der Waals surface area contributed by atoms with Gasteiger partial charge in [0.25, 0.3) is 5.91 Å². The molecule has 0 aliphatic heterocycles. The van der Waals surface area contributed by atoms with Crippen molar-refractivity contribution in [2.45, 2.75) is 6.92 Å².